The molecule has 2 aromatic heterocycles. The van der Waals surface area contributed by atoms with Crippen LogP contribution in [0.3, 0.4) is 0 Å². The van der Waals surface area contributed by atoms with Gasteiger partial charge in [-0.05, 0) is 30.3 Å². The summed E-state index contributed by atoms with van der Waals surface area (Å²) in [6.07, 6.45) is 4.68. The third-order valence-electron chi connectivity index (χ3n) is 4.46. The highest BCUT2D eigenvalue weighted by molar-refractivity contribution is 5.93. The van der Waals surface area contributed by atoms with Crippen molar-refractivity contribution in [3.05, 3.63) is 96.2 Å². The third-order valence-corrected chi connectivity index (χ3v) is 4.46. The highest BCUT2D eigenvalue weighted by Gasteiger charge is 2.16. The monoisotopic (exact) mass is 388 g/mol. The average molecular weight is 388 g/mol. The van der Waals surface area contributed by atoms with Crippen LogP contribution in [-0.2, 0) is 6.54 Å². The Bertz CT molecular complexity index is 1160. The number of pyridine rings is 1. The third kappa shape index (κ3) is 3.84. The van der Waals surface area contributed by atoms with E-state index in [2.05, 4.69) is 15.4 Å². The average Bonchev–Trinajstić information content (AvgIpc) is 3.17. The molecule has 4 aromatic rings. The van der Waals surface area contributed by atoms with E-state index in [0.29, 0.717) is 16.9 Å². The van der Waals surface area contributed by atoms with E-state index in [-0.39, 0.29) is 17.9 Å². The maximum absolute atomic E-state index is 14.4. The quantitative estimate of drug-likeness (QED) is 0.512. The number of aromatic nitrogens is 3. The van der Waals surface area contributed by atoms with E-state index >= 15 is 0 Å². The van der Waals surface area contributed by atoms with E-state index in [4.69, 9.17) is 0 Å². The largest absolute Gasteiger partial charge is 0.478 e. The summed E-state index contributed by atoms with van der Waals surface area (Å²) in [6.45, 7) is 0.252. The van der Waals surface area contributed by atoms with E-state index in [9.17, 15) is 14.3 Å². The SMILES string of the molecule is O=C(O)c1ccncc1NCc1cn(-c2ccccc2)nc1-c1ccccc1F. The van der Waals surface area contributed by atoms with Crippen molar-refractivity contribution in [3.63, 3.8) is 0 Å². The molecule has 2 heterocycles. The van der Waals surface area contributed by atoms with Gasteiger partial charge in [0.05, 0.1) is 23.1 Å². The molecule has 0 radical (unpaired) electrons. The van der Waals surface area contributed by atoms with Crippen LogP contribution in [0.5, 0.6) is 0 Å². The Labute approximate surface area is 166 Å². The highest BCUT2D eigenvalue weighted by Crippen LogP contribution is 2.27. The molecule has 0 amide bonds. The summed E-state index contributed by atoms with van der Waals surface area (Å²) >= 11 is 0. The van der Waals surface area contributed by atoms with Crippen molar-refractivity contribution in [1.29, 1.82) is 0 Å². The van der Waals surface area contributed by atoms with E-state index in [1.807, 2.05) is 30.3 Å². The molecule has 144 valence electrons. The zero-order valence-electron chi connectivity index (χ0n) is 15.3. The van der Waals surface area contributed by atoms with Crippen molar-refractivity contribution in [2.45, 2.75) is 6.54 Å². The molecule has 0 aliphatic carbocycles. The first kappa shape index (κ1) is 18.4. The van der Waals surface area contributed by atoms with Gasteiger partial charge in [0.2, 0.25) is 0 Å². The number of halogens is 1. The highest BCUT2D eigenvalue weighted by atomic mass is 19.1. The fourth-order valence-electron chi connectivity index (χ4n) is 3.04. The van der Waals surface area contributed by atoms with E-state index < -0.39 is 5.97 Å². The smallest absolute Gasteiger partial charge is 0.337 e. The van der Waals surface area contributed by atoms with Gasteiger partial charge >= 0.3 is 5.97 Å². The van der Waals surface area contributed by atoms with Crippen molar-refractivity contribution in [2.24, 2.45) is 0 Å². The number of carbonyl (C=O) groups is 1. The van der Waals surface area contributed by atoms with Gasteiger partial charge in [0.1, 0.15) is 11.5 Å². The van der Waals surface area contributed by atoms with Gasteiger partial charge in [0.25, 0.3) is 0 Å². The fourth-order valence-corrected chi connectivity index (χ4v) is 3.04. The molecule has 2 N–H and O–H groups in total. The zero-order valence-corrected chi connectivity index (χ0v) is 15.3. The van der Waals surface area contributed by atoms with E-state index in [1.54, 1.807) is 29.1 Å². The van der Waals surface area contributed by atoms with E-state index in [0.717, 1.165) is 11.3 Å². The van der Waals surface area contributed by atoms with Crippen LogP contribution >= 0.6 is 0 Å². The maximum atomic E-state index is 14.4. The van der Waals surface area contributed by atoms with Gasteiger partial charge in [0, 0.05) is 30.1 Å². The Kier molecular flexibility index (Phi) is 5.03. The lowest BCUT2D eigenvalue weighted by atomic mass is 10.1. The van der Waals surface area contributed by atoms with Crippen LogP contribution in [0, 0.1) is 5.82 Å². The van der Waals surface area contributed by atoms with Crippen LogP contribution in [0.1, 0.15) is 15.9 Å². The van der Waals surface area contributed by atoms with Crippen molar-refractivity contribution in [1.82, 2.24) is 14.8 Å². The summed E-state index contributed by atoms with van der Waals surface area (Å²) in [5.74, 6) is -1.43. The number of rotatable bonds is 6. The molecule has 0 saturated carbocycles. The van der Waals surface area contributed by atoms with Crippen molar-refractivity contribution < 1.29 is 14.3 Å². The second kappa shape index (κ2) is 7.93. The summed E-state index contributed by atoms with van der Waals surface area (Å²) in [4.78, 5) is 15.4. The number of anilines is 1. The molecule has 0 aliphatic heterocycles. The molecule has 0 saturated heterocycles. The molecule has 29 heavy (non-hydrogen) atoms. The van der Waals surface area contributed by atoms with Gasteiger partial charge in [-0.25, -0.2) is 13.9 Å². The van der Waals surface area contributed by atoms with Gasteiger partial charge in [-0.2, -0.15) is 5.10 Å². The van der Waals surface area contributed by atoms with Crippen molar-refractivity contribution >= 4 is 11.7 Å². The minimum absolute atomic E-state index is 0.114. The number of hydrogen-bond donors (Lipinski definition) is 2. The van der Waals surface area contributed by atoms with Crippen LogP contribution in [0.4, 0.5) is 10.1 Å². The van der Waals surface area contributed by atoms with Crippen LogP contribution in [0.2, 0.25) is 0 Å². The standard InChI is InChI=1S/C22H17FN4O2/c23-19-9-5-4-8-17(19)21-15(14-27(26-21)16-6-2-1-3-7-16)12-25-20-13-24-11-10-18(20)22(28)29/h1-11,13-14,25H,12H2,(H,28,29). The first-order valence-electron chi connectivity index (χ1n) is 8.93. The van der Waals surface area contributed by atoms with Crippen LogP contribution in [0.25, 0.3) is 16.9 Å². The van der Waals surface area contributed by atoms with Crippen LogP contribution < -0.4 is 5.32 Å². The molecule has 0 atom stereocenters. The molecule has 0 spiro atoms. The maximum Gasteiger partial charge on any atom is 0.337 e. The van der Waals surface area contributed by atoms with Crippen molar-refractivity contribution in [3.8, 4) is 16.9 Å². The first-order chi connectivity index (χ1) is 14.1. The Morgan fingerprint density at radius 1 is 1.07 bits per heavy atom. The molecule has 0 aliphatic rings. The van der Waals surface area contributed by atoms with Gasteiger partial charge in [0.15, 0.2) is 0 Å². The molecule has 0 unspecified atom stereocenters. The summed E-state index contributed by atoms with van der Waals surface area (Å²) in [7, 11) is 0. The minimum atomic E-state index is -1.05. The second-order valence-corrected chi connectivity index (χ2v) is 6.34. The molecule has 4 rings (SSSR count). The van der Waals surface area contributed by atoms with Crippen molar-refractivity contribution in [2.75, 3.05) is 5.32 Å². The normalized spacial score (nSPS) is 10.7. The number of carboxylic acids is 1. The zero-order chi connectivity index (χ0) is 20.2. The summed E-state index contributed by atoms with van der Waals surface area (Å²) in [5, 5.41) is 17.0. The Morgan fingerprint density at radius 3 is 2.59 bits per heavy atom. The molecule has 0 fully saturated rings. The minimum Gasteiger partial charge on any atom is -0.478 e. The van der Waals surface area contributed by atoms with Crippen LogP contribution in [-0.4, -0.2) is 25.8 Å². The molecule has 0 bridgehead atoms. The lowest BCUT2D eigenvalue weighted by Crippen LogP contribution is -2.07. The van der Waals surface area contributed by atoms with Crippen LogP contribution in [0.15, 0.2) is 79.3 Å². The predicted octanol–water partition coefficient (Wildman–Crippen LogP) is 4.38. The predicted molar refractivity (Wildman–Crippen MR) is 107 cm³/mol. The summed E-state index contributed by atoms with van der Waals surface area (Å²) in [6, 6.07) is 17.4. The molecule has 2 aromatic carbocycles. The topological polar surface area (TPSA) is 80.0 Å². The van der Waals surface area contributed by atoms with E-state index in [1.165, 1.54) is 24.5 Å². The summed E-state index contributed by atoms with van der Waals surface area (Å²) < 4.78 is 16.1. The number of hydrogen-bond acceptors (Lipinski definition) is 4. The number of carboxylic acid groups (broad SMARTS) is 1. The number of benzene rings is 2. The first-order valence-corrected chi connectivity index (χ1v) is 8.93. The number of para-hydroxylation sites is 1. The molecule has 6 nitrogen and oxygen atoms in total. The number of nitrogens with one attached hydrogen (secondary N) is 1. The Hall–Kier alpha value is -4.00. The fraction of sp³-hybridized carbons (Fsp3) is 0.0455. The number of nitrogens with zero attached hydrogens (tertiary/aromatic N) is 3. The van der Waals surface area contributed by atoms with Gasteiger partial charge in [-0.3, -0.25) is 4.98 Å². The lowest BCUT2D eigenvalue weighted by Gasteiger charge is -2.09. The lowest BCUT2D eigenvalue weighted by molar-refractivity contribution is 0.0697. The molecular formula is C22H17FN4O2. The summed E-state index contributed by atoms with van der Waals surface area (Å²) in [5.41, 5.74) is 2.92. The Morgan fingerprint density at radius 2 is 1.83 bits per heavy atom. The Balaban J connectivity index is 1.73. The van der Waals surface area contributed by atoms with Gasteiger partial charge in [-0.15, -0.1) is 0 Å². The second-order valence-electron chi connectivity index (χ2n) is 6.34. The van der Waals surface area contributed by atoms with Gasteiger partial charge in [-0.1, -0.05) is 30.3 Å². The van der Waals surface area contributed by atoms with Gasteiger partial charge < -0.3 is 10.4 Å². The molecule has 7 heteroatoms. The number of aromatic carboxylic acids is 1. The molecular weight excluding hydrogens is 371 g/mol.